The highest BCUT2D eigenvalue weighted by Crippen LogP contribution is 2.17. The fraction of sp³-hybridized carbons (Fsp3) is 0.736. The zero-order valence-corrected chi connectivity index (χ0v) is 51.4. The maximum atomic E-state index is 12.9. The lowest BCUT2D eigenvalue weighted by molar-refractivity contribution is -0.167. The summed E-state index contributed by atoms with van der Waals surface area (Å²) in [6, 6.07) is 0. The van der Waals surface area contributed by atoms with E-state index in [-0.39, 0.29) is 31.1 Å². The van der Waals surface area contributed by atoms with E-state index in [1.165, 1.54) is 167 Å². The molecular formula is C72H124O6. The molecule has 0 aromatic carbocycles. The van der Waals surface area contributed by atoms with Crippen LogP contribution in [0.2, 0.25) is 0 Å². The molecule has 0 radical (unpaired) electrons. The molecule has 6 heteroatoms. The van der Waals surface area contributed by atoms with Gasteiger partial charge < -0.3 is 14.2 Å². The van der Waals surface area contributed by atoms with Crippen LogP contribution in [0.4, 0.5) is 0 Å². The first-order valence-electron chi connectivity index (χ1n) is 33.2. The van der Waals surface area contributed by atoms with Crippen LogP contribution in [0.15, 0.2) is 97.2 Å². The van der Waals surface area contributed by atoms with Crippen LogP contribution in [0.25, 0.3) is 0 Å². The van der Waals surface area contributed by atoms with Crippen molar-refractivity contribution in [2.75, 3.05) is 13.2 Å². The molecule has 0 spiro atoms. The summed E-state index contributed by atoms with van der Waals surface area (Å²) in [6.07, 6.45) is 88.6. The molecule has 6 nitrogen and oxygen atoms in total. The topological polar surface area (TPSA) is 78.9 Å². The highest BCUT2D eigenvalue weighted by Gasteiger charge is 2.19. The van der Waals surface area contributed by atoms with Crippen LogP contribution in [0, 0.1) is 0 Å². The zero-order chi connectivity index (χ0) is 56.4. The Kier molecular flexibility index (Phi) is 62.7. The van der Waals surface area contributed by atoms with Crippen molar-refractivity contribution in [2.24, 2.45) is 0 Å². The first kappa shape index (κ1) is 74.3. The maximum Gasteiger partial charge on any atom is 0.306 e. The van der Waals surface area contributed by atoms with Gasteiger partial charge in [0.05, 0.1) is 0 Å². The molecule has 0 N–H and O–H groups in total. The van der Waals surface area contributed by atoms with Gasteiger partial charge >= 0.3 is 17.9 Å². The van der Waals surface area contributed by atoms with Gasteiger partial charge in [-0.05, 0) is 96.3 Å². The second-order valence-electron chi connectivity index (χ2n) is 22.0. The molecule has 0 amide bonds. The lowest BCUT2D eigenvalue weighted by Crippen LogP contribution is -2.30. The summed E-state index contributed by atoms with van der Waals surface area (Å²) in [5.74, 6) is -0.905. The smallest absolute Gasteiger partial charge is 0.306 e. The highest BCUT2D eigenvalue weighted by molar-refractivity contribution is 5.71. The number of unbranched alkanes of at least 4 members (excludes halogenated alkanes) is 33. The molecule has 0 fully saturated rings. The number of carbonyl (C=O) groups is 3. The van der Waals surface area contributed by atoms with Gasteiger partial charge in [0.2, 0.25) is 0 Å². The van der Waals surface area contributed by atoms with Crippen LogP contribution in [-0.2, 0) is 28.6 Å². The Labute approximate surface area is 483 Å². The van der Waals surface area contributed by atoms with E-state index in [0.717, 1.165) is 116 Å². The van der Waals surface area contributed by atoms with Gasteiger partial charge in [-0.15, -0.1) is 0 Å². The molecule has 1 atom stereocenters. The third-order valence-electron chi connectivity index (χ3n) is 14.3. The van der Waals surface area contributed by atoms with Crippen molar-refractivity contribution in [3.8, 4) is 0 Å². The molecule has 0 aliphatic heterocycles. The van der Waals surface area contributed by atoms with E-state index in [4.69, 9.17) is 14.2 Å². The van der Waals surface area contributed by atoms with Gasteiger partial charge in [-0.1, -0.05) is 304 Å². The monoisotopic (exact) mass is 1080 g/mol. The van der Waals surface area contributed by atoms with Crippen LogP contribution >= 0.6 is 0 Å². The molecule has 78 heavy (non-hydrogen) atoms. The largest absolute Gasteiger partial charge is 0.462 e. The van der Waals surface area contributed by atoms with E-state index in [9.17, 15) is 14.4 Å². The van der Waals surface area contributed by atoms with Gasteiger partial charge in [0.25, 0.3) is 0 Å². The molecule has 0 saturated carbocycles. The second-order valence-corrected chi connectivity index (χ2v) is 22.0. The molecule has 0 aliphatic carbocycles. The number of hydrogen-bond donors (Lipinski definition) is 0. The van der Waals surface area contributed by atoms with Crippen molar-refractivity contribution in [3.05, 3.63) is 97.2 Å². The molecule has 0 aromatic rings. The zero-order valence-electron chi connectivity index (χ0n) is 51.4. The third kappa shape index (κ3) is 63.2. The normalized spacial score (nSPS) is 12.7. The lowest BCUT2D eigenvalue weighted by Gasteiger charge is -2.18. The standard InChI is InChI=1S/C72H124O6/c1-4-7-10-13-16-19-22-25-27-29-31-33-34-35-36-37-38-39-41-42-44-47-50-53-56-59-62-65-71(74)77-68-69(67-76-70(73)64-61-58-55-52-49-46-24-21-18-15-12-9-6-3)78-72(75)66-63-60-57-54-51-48-45-43-40-32-30-28-26-23-20-17-14-11-8-5-2/h7,9-10,12,16,18-19,21,25,27,31,33,35-36,46,49,69H,4-6,8,11,13-15,17,20,22-24,26,28-30,32,34,37-45,47-48,50-68H2,1-3H3/b10-7-,12-9-,19-16-,21-18-,27-25-,33-31-,36-35-,49-46-. The van der Waals surface area contributed by atoms with Gasteiger partial charge in [0.15, 0.2) is 6.10 Å². The van der Waals surface area contributed by atoms with E-state index in [2.05, 4.69) is 118 Å². The quantitative estimate of drug-likeness (QED) is 0.0261. The summed E-state index contributed by atoms with van der Waals surface area (Å²) in [5.41, 5.74) is 0. The third-order valence-corrected chi connectivity index (χ3v) is 14.3. The molecule has 0 bridgehead atoms. The molecule has 0 aliphatic rings. The van der Waals surface area contributed by atoms with Crippen molar-refractivity contribution in [1.82, 2.24) is 0 Å². The Hall–Kier alpha value is -3.67. The predicted molar refractivity (Wildman–Crippen MR) is 339 cm³/mol. The molecule has 0 heterocycles. The van der Waals surface area contributed by atoms with E-state index >= 15 is 0 Å². The number of carbonyl (C=O) groups excluding carboxylic acids is 3. The van der Waals surface area contributed by atoms with Gasteiger partial charge in [-0.25, -0.2) is 0 Å². The Morgan fingerprint density at radius 2 is 0.500 bits per heavy atom. The number of esters is 3. The minimum Gasteiger partial charge on any atom is -0.462 e. The Bertz CT molecular complexity index is 1530. The molecule has 1 unspecified atom stereocenters. The summed E-state index contributed by atoms with van der Waals surface area (Å²) in [5, 5.41) is 0. The maximum absolute atomic E-state index is 12.9. The Morgan fingerprint density at radius 3 is 0.795 bits per heavy atom. The Balaban J connectivity index is 4.30. The summed E-state index contributed by atoms with van der Waals surface area (Å²) >= 11 is 0. The highest BCUT2D eigenvalue weighted by atomic mass is 16.6. The molecule has 0 saturated heterocycles. The summed E-state index contributed by atoms with van der Waals surface area (Å²) in [6.45, 7) is 6.42. The van der Waals surface area contributed by atoms with Gasteiger partial charge in [0.1, 0.15) is 13.2 Å². The van der Waals surface area contributed by atoms with Crippen LogP contribution < -0.4 is 0 Å². The summed E-state index contributed by atoms with van der Waals surface area (Å²) in [7, 11) is 0. The van der Waals surface area contributed by atoms with E-state index in [0.29, 0.717) is 19.3 Å². The van der Waals surface area contributed by atoms with Crippen molar-refractivity contribution >= 4 is 17.9 Å². The van der Waals surface area contributed by atoms with Crippen molar-refractivity contribution < 1.29 is 28.6 Å². The lowest BCUT2D eigenvalue weighted by atomic mass is 10.0. The molecule has 0 aromatic heterocycles. The minimum atomic E-state index is -0.791. The van der Waals surface area contributed by atoms with Crippen LogP contribution in [-0.4, -0.2) is 37.2 Å². The first-order valence-corrected chi connectivity index (χ1v) is 33.2. The molecule has 0 rings (SSSR count). The van der Waals surface area contributed by atoms with Crippen LogP contribution in [0.3, 0.4) is 0 Å². The van der Waals surface area contributed by atoms with Gasteiger partial charge in [0, 0.05) is 19.3 Å². The second kappa shape index (κ2) is 65.8. The van der Waals surface area contributed by atoms with E-state index in [1.54, 1.807) is 0 Å². The van der Waals surface area contributed by atoms with Crippen molar-refractivity contribution in [2.45, 2.75) is 329 Å². The number of ether oxygens (including phenoxy) is 3. The van der Waals surface area contributed by atoms with Gasteiger partial charge in [-0.3, -0.25) is 14.4 Å². The van der Waals surface area contributed by atoms with Crippen molar-refractivity contribution in [3.63, 3.8) is 0 Å². The number of allylic oxidation sites excluding steroid dienone is 16. The SMILES string of the molecule is CC/C=C\C/C=C\C/C=C\C/C=C\C/C=C\CCCCCCCCCCCCCC(=O)OCC(COC(=O)CCCCC/C=C\C/C=C\C/C=C\CC)OC(=O)CCCCCCCCCCCCCCCCCCCCCC. The fourth-order valence-corrected chi connectivity index (χ4v) is 9.43. The first-order chi connectivity index (χ1) is 38.5. The number of rotatable bonds is 60. The van der Waals surface area contributed by atoms with E-state index in [1.807, 2.05) is 0 Å². The molecular weight excluding hydrogens is 961 g/mol. The summed E-state index contributed by atoms with van der Waals surface area (Å²) < 4.78 is 16.9. The number of hydrogen-bond acceptors (Lipinski definition) is 6. The summed E-state index contributed by atoms with van der Waals surface area (Å²) in [4.78, 5) is 38.3. The average Bonchev–Trinajstić information content (AvgIpc) is 3.44. The minimum absolute atomic E-state index is 0.0859. The van der Waals surface area contributed by atoms with Crippen molar-refractivity contribution in [1.29, 1.82) is 0 Å². The van der Waals surface area contributed by atoms with Crippen LogP contribution in [0.1, 0.15) is 323 Å². The molecule has 448 valence electrons. The fourth-order valence-electron chi connectivity index (χ4n) is 9.43. The predicted octanol–water partition coefficient (Wildman–Crippen LogP) is 22.8. The van der Waals surface area contributed by atoms with E-state index < -0.39 is 6.10 Å². The van der Waals surface area contributed by atoms with Gasteiger partial charge in [-0.2, -0.15) is 0 Å². The Morgan fingerprint density at radius 1 is 0.269 bits per heavy atom. The van der Waals surface area contributed by atoms with Crippen LogP contribution in [0.5, 0.6) is 0 Å². The average molecular weight is 1090 g/mol.